The van der Waals surface area contributed by atoms with Crippen molar-refractivity contribution in [1.82, 2.24) is 5.43 Å². The van der Waals surface area contributed by atoms with Crippen LogP contribution in [0.25, 0.3) is 0 Å². The molecule has 0 heterocycles. The molecule has 0 aromatic heterocycles. The molecule has 0 aliphatic rings. The molecule has 5 nitrogen and oxygen atoms in total. The van der Waals surface area contributed by atoms with Gasteiger partial charge in [0.15, 0.2) is 0 Å². The van der Waals surface area contributed by atoms with Gasteiger partial charge in [-0.2, -0.15) is 18.3 Å². The molecule has 2 amide bonds. The minimum atomic E-state index is -4.63. The zero-order chi connectivity index (χ0) is 24.9. The van der Waals surface area contributed by atoms with Crippen LogP contribution in [-0.4, -0.2) is 18.0 Å². The first-order valence-corrected chi connectivity index (χ1v) is 11.4. The van der Waals surface area contributed by atoms with E-state index in [1.54, 1.807) is 18.2 Å². The number of nitrogens with one attached hydrogen (secondary N) is 2. The Morgan fingerprint density at radius 2 is 1.76 bits per heavy atom. The van der Waals surface area contributed by atoms with Gasteiger partial charge in [0.05, 0.1) is 28.1 Å². The molecule has 34 heavy (non-hydrogen) atoms. The Balaban J connectivity index is 1.78. The third-order valence-electron chi connectivity index (χ3n) is 4.49. The van der Waals surface area contributed by atoms with Crippen LogP contribution in [0.2, 0.25) is 10.0 Å². The number of rotatable bonds is 6. The lowest BCUT2D eigenvalue weighted by atomic mass is 10.1. The summed E-state index contributed by atoms with van der Waals surface area (Å²) in [6, 6.07) is 14.4. The average Bonchev–Trinajstić information content (AvgIpc) is 2.80. The van der Waals surface area contributed by atoms with Crippen molar-refractivity contribution < 1.29 is 22.8 Å². The topological polar surface area (TPSA) is 70.6 Å². The molecule has 0 saturated carbocycles. The van der Waals surface area contributed by atoms with E-state index in [0.717, 1.165) is 23.9 Å². The van der Waals surface area contributed by atoms with Gasteiger partial charge in [-0.15, -0.1) is 0 Å². The van der Waals surface area contributed by atoms with Gasteiger partial charge < -0.3 is 5.32 Å². The van der Waals surface area contributed by atoms with E-state index in [9.17, 15) is 22.8 Å². The number of halogens is 6. The molecule has 0 aliphatic carbocycles. The van der Waals surface area contributed by atoms with E-state index in [-0.39, 0.29) is 21.8 Å². The van der Waals surface area contributed by atoms with Crippen LogP contribution in [-0.2, 0) is 11.5 Å². The van der Waals surface area contributed by atoms with Gasteiger partial charge in [-0.05, 0) is 53.6 Å². The highest BCUT2D eigenvalue weighted by Gasteiger charge is 2.33. The van der Waals surface area contributed by atoms with Crippen molar-refractivity contribution >= 4 is 62.8 Å². The fourth-order valence-electron chi connectivity index (χ4n) is 2.87. The summed E-state index contributed by atoms with van der Waals surface area (Å²) in [5.74, 6) is -1.17. The number of hydrogen-bond acceptors (Lipinski definition) is 3. The summed E-state index contributed by atoms with van der Waals surface area (Å²) < 4.78 is 39.0. The number of carbonyl (C=O) groups is 2. The number of alkyl halides is 4. The Labute approximate surface area is 211 Å². The van der Waals surface area contributed by atoms with E-state index < -0.39 is 28.6 Å². The summed E-state index contributed by atoms with van der Waals surface area (Å²) in [6.07, 6.45) is -3.59. The van der Waals surface area contributed by atoms with E-state index in [0.29, 0.717) is 10.9 Å². The van der Waals surface area contributed by atoms with E-state index in [1.165, 1.54) is 24.3 Å². The number of anilines is 1. The van der Waals surface area contributed by atoms with Crippen LogP contribution < -0.4 is 10.7 Å². The van der Waals surface area contributed by atoms with Crippen LogP contribution in [0.4, 0.5) is 18.9 Å². The van der Waals surface area contributed by atoms with Crippen LogP contribution in [0.3, 0.4) is 0 Å². The Kier molecular flexibility index (Phi) is 8.35. The van der Waals surface area contributed by atoms with Crippen LogP contribution in [0, 0.1) is 0 Å². The summed E-state index contributed by atoms with van der Waals surface area (Å²) in [5.41, 5.74) is 2.75. The average molecular weight is 573 g/mol. The molecule has 11 heteroatoms. The maximum atomic E-state index is 13.0. The third kappa shape index (κ3) is 6.59. The smallest absolute Gasteiger partial charge is 0.321 e. The molecule has 0 atom stereocenters. The zero-order valence-electron chi connectivity index (χ0n) is 17.1. The normalized spacial score (nSPS) is 11.5. The van der Waals surface area contributed by atoms with Crippen molar-refractivity contribution in [2.24, 2.45) is 5.10 Å². The molecule has 0 bridgehead atoms. The molecular formula is C23H15BrCl2F3N3O2. The van der Waals surface area contributed by atoms with Gasteiger partial charge >= 0.3 is 6.18 Å². The second-order valence-corrected chi connectivity index (χ2v) is 8.32. The number of amides is 2. The van der Waals surface area contributed by atoms with Crippen LogP contribution in [0.15, 0.2) is 65.8 Å². The van der Waals surface area contributed by atoms with Crippen LogP contribution in [0.1, 0.15) is 37.4 Å². The predicted molar refractivity (Wildman–Crippen MR) is 130 cm³/mol. The first-order valence-electron chi connectivity index (χ1n) is 9.54. The molecular weight excluding hydrogens is 558 g/mol. The fourth-order valence-corrected chi connectivity index (χ4v) is 3.62. The van der Waals surface area contributed by atoms with E-state index in [1.807, 2.05) is 6.07 Å². The van der Waals surface area contributed by atoms with Crippen molar-refractivity contribution in [1.29, 1.82) is 0 Å². The highest BCUT2D eigenvalue weighted by molar-refractivity contribution is 9.08. The highest BCUT2D eigenvalue weighted by Crippen LogP contribution is 2.34. The third-order valence-corrected chi connectivity index (χ3v) is 5.71. The molecule has 0 fully saturated rings. The van der Waals surface area contributed by atoms with Gasteiger partial charge in [-0.1, -0.05) is 57.3 Å². The lowest BCUT2D eigenvalue weighted by Crippen LogP contribution is -2.21. The number of hydrazone groups is 1. The highest BCUT2D eigenvalue weighted by atomic mass is 79.9. The van der Waals surface area contributed by atoms with Gasteiger partial charge in [-0.3, -0.25) is 9.59 Å². The Morgan fingerprint density at radius 1 is 1.00 bits per heavy atom. The number of carbonyl (C=O) groups excluding carboxylic acids is 2. The maximum Gasteiger partial charge on any atom is 0.417 e. The van der Waals surface area contributed by atoms with Crippen molar-refractivity contribution in [2.45, 2.75) is 11.5 Å². The summed E-state index contributed by atoms with van der Waals surface area (Å²) in [6.45, 7) is 0. The molecule has 0 saturated heterocycles. The second kappa shape index (κ2) is 11.0. The predicted octanol–water partition coefficient (Wildman–Crippen LogP) is 6.92. The quantitative estimate of drug-likeness (QED) is 0.191. The SMILES string of the molecule is O=C(Nc1ccc(Cl)cc1C(=O)N/N=C/c1ccc(Cl)c(C(F)(F)F)c1)c1cccc(CBr)c1. The van der Waals surface area contributed by atoms with Crippen molar-refractivity contribution in [3.8, 4) is 0 Å². The molecule has 3 rings (SSSR count). The molecule has 0 spiro atoms. The maximum absolute atomic E-state index is 13.0. The van der Waals surface area contributed by atoms with E-state index in [2.05, 4.69) is 31.8 Å². The monoisotopic (exact) mass is 571 g/mol. The lowest BCUT2D eigenvalue weighted by Gasteiger charge is -2.11. The van der Waals surface area contributed by atoms with Gasteiger partial charge in [0.25, 0.3) is 11.8 Å². The van der Waals surface area contributed by atoms with Crippen LogP contribution >= 0.6 is 39.1 Å². The van der Waals surface area contributed by atoms with Crippen LogP contribution in [0.5, 0.6) is 0 Å². The van der Waals surface area contributed by atoms with Crippen molar-refractivity contribution in [2.75, 3.05) is 5.32 Å². The Bertz CT molecular complexity index is 1270. The first-order chi connectivity index (χ1) is 16.1. The minimum absolute atomic E-state index is 0.0155. The molecule has 3 aromatic rings. The first kappa shape index (κ1) is 25.7. The molecule has 0 radical (unpaired) electrons. The van der Waals surface area contributed by atoms with Gasteiger partial charge in [0.2, 0.25) is 0 Å². The molecule has 0 aliphatic heterocycles. The summed E-state index contributed by atoms with van der Waals surface area (Å²) in [5, 5.41) is 6.72. The summed E-state index contributed by atoms with van der Waals surface area (Å²) in [7, 11) is 0. The van der Waals surface area contributed by atoms with Crippen molar-refractivity contribution in [3.05, 3.63) is 98.5 Å². The second-order valence-electron chi connectivity index (χ2n) is 6.91. The molecule has 3 aromatic carbocycles. The number of nitrogens with zero attached hydrogens (tertiary/aromatic N) is 1. The standard InChI is InChI=1S/C23H15BrCl2F3N3O2/c24-11-13-2-1-3-15(8-13)21(33)31-20-7-5-16(25)10-17(20)22(34)32-30-12-14-4-6-19(26)18(9-14)23(27,28)29/h1-10,12H,11H2,(H,31,33)(H,32,34)/b30-12+. The summed E-state index contributed by atoms with van der Waals surface area (Å²) in [4.78, 5) is 25.3. The zero-order valence-corrected chi connectivity index (χ0v) is 20.2. The Morgan fingerprint density at radius 3 is 2.47 bits per heavy atom. The minimum Gasteiger partial charge on any atom is -0.321 e. The Hall–Kier alpha value is -2.88. The van der Waals surface area contributed by atoms with E-state index in [4.69, 9.17) is 23.2 Å². The van der Waals surface area contributed by atoms with Crippen molar-refractivity contribution in [3.63, 3.8) is 0 Å². The largest absolute Gasteiger partial charge is 0.417 e. The van der Waals surface area contributed by atoms with E-state index >= 15 is 0 Å². The molecule has 0 unspecified atom stereocenters. The fraction of sp³-hybridized carbons (Fsp3) is 0.0870. The number of benzene rings is 3. The van der Waals surface area contributed by atoms with Gasteiger partial charge in [0, 0.05) is 15.9 Å². The van der Waals surface area contributed by atoms with Gasteiger partial charge in [0.1, 0.15) is 0 Å². The lowest BCUT2D eigenvalue weighted by molar-refractivity contribution is -0.137. The molecule has 176 valence electrons. The van der Waals surface area contributed by atoms with Gasteiger partial charge in [-0.25, -0.2) is 5.43 Å². The number of hydrogen-bond donors (Lipinski definition) is 2. The molecule has 2 N–H and O–H groups in total. The summed E-state index contributed by atoms with van der Waals surface area (Å²) >= 11 is 14.9.